The summed E-state index contributed by atoms with van der Waals surface area (Å²) in [5, 5.41) is 2.43. The maximum Gasteiger partial charge on any atom is 0.259 e. The zero-order valence-corrected chi connectivity index (χ0v) is 11.2. The molecule has 0 radical (unpaired) electrons. The van der Waals surface area contributed by atoms with Gasteiger partial charge in [0.05, 0.1) is 10.0 Å². The normalized spacial score (nSPS) is 10.2. The van der Waals surface area contributed by atoms with Gasteiger partial charge in [0.25, 0.3) is 5.91 Å². The Morgan fingerprint density at radius 3 is 2.78 bits per heavy atom. The van der Waals surface area contributed by atoms with Gasteiger partial charge in [0, 0.05) is 12.4 Å². The molecule has 7 heteroatoms. The Balaban J connectivity index is 2.28. The van der Waals surface area contributed by atoms with Crippen molar-refractivity contribution in [3.8, 4) is 0 Å². The monoisotopic (exact) mass is 329 g/mol. The van der Waals surface area contributed by atoms with Crippen LogP contribution in [0.5, 0.6) is 0 Å². The second kappa shape index (κ2) is 5.41. The topological polar surface area (TPSA) is 54.9 Å². The van der Waals surface area contributed by atoms with Crippen molar-refractivity contribution < 1.29 is 9.18 Å². The lowest BCUT2D eigenvalue weighted by atomic mass is 10.2. The molecular weight excluding hydrogens is 324 g/mol. The Morgan fingerprint density at radius 1 is 1.33 bits per heavy atom. The first-order chi connectivity index (χ1) is 8.59. The standard InChI is InChI=1S/C11H6BrClFN3O/c12-7-3-1-2-6(8(7)14)11(18)17-10-9(13)15-4-5-16-10/h1-5H,(H,16,17,18). The smallest absolute Gasteiger partial charge is 0.259 e. The Bertz CT molecular complexity index is 609. The Hall–Kier alpha value is -1.53. The molecule has 0 saturated heterocycles. The number of hydrogen-bond acceptors (Lipinski definition) is 3. The molecule has 0 atom stereocenters. The highest BCUT2D eigenvalue weighted by Gasteiger charge is 2.15. The van der Waals surface area contributed by atoms with Crippen molar-refractivity contribution >= 4 is 39.3 Å². The number of carbonyl (C=O) groups is 1. The summed E-state index contributed by atoms with van der Waals surface area (Å²) < 4.78 is 13.9. The summed E-state index contributed by atoms with van der Waals surface area (Å²) >= 11 is 8.74. The zero-order chi connectivity index (χ0) is 13.1. The van der Waals surface area contributed by atoms with Gasteiger partial charge in [0.15, 0.2) is 11.0 Å². The van der Waals surface area contributed by atoms with Crippen LogP contribution in [-0.2, 0) is 0 Å². The highest BCUT2D eigenvalue weighted by atomic mass is 79.9. The predicted octanol–water partition coefficient (Wildman–Crippen LogP) is 3.28. The molecule has 0 aliphatic carbocycles. The molecule has 0 saturated carbocycles. The Labute approximate surface area is 115 Å². The van der Waals surface area contributed by atoms with Crippen molar-refractivity contribution in [2.75, 3.05) is 5.32 Å². The first-order valence-corrected chi connectivity index (χ1v) is 5.98. The maximum absolute atomic E-state index is 13.7. The number of nitrogens with one attached hydrogen (secondary N) is 1. The molecule has 0 spiro atoms. The minimum atomic E-state index is -0.644. The van der Waals surface area contributed by atoms with E-state index < -0.39 is 11.7 Å². The lowest BCUT2D eigenvalue weighted by molar-refractivity contribution is 0.102. The van der Waals surface area contributed by atoms with E-state index in [2.05, 4.69) is 31.2 Å². The van der Waals surface area contributed by atoms with Crippen LogP contribution in [0.4, 0.5) is 10.2 Å². The SMILES string of the molecule is O=C(Nc1nccnc1Cl)c1cccc(Br)c1F. The van der Waals surface area contributed by atoms with Gasteiger partial charge >= 0.3 is 0 Å². The van der Waals surface area contributed by atoms with Crippen molar-refractivity contribution in [1.82, 2.24) is 9.97 Å². The van der Waals surface area contributed by atoms with Crippen molar-refractivity contribution in [2.45, 2.75) is 0 Å². The molecule has 4 nitrogen and oxygen atoms in total. The summed E-state index contributed by atoms with van der Waals surface area (Å²) in [6.07, 6.45) is 2.76. The molecule has 1 aromatic heterocycles. The van der Waals surface area contributed by atoms with E-state index in [0.717, 1.165) is 0 Å². The summed E-state index contributed by atoms with van der Waals surface area (Å²) in [5.74, 6) is -1.20. The summed E-state index contributed by atoms with van der Waals surface area (Å²) in [6.45, 7) is 0. The fourth-order valence-electron chi connectivity index (χ4n) is 1.26. The third-order valence-corrected chi connectivity index (χ3v) is 2.97. The molecular formula is C11H6BrClFN3O. The lowest BCUT2D eigenvalue weighted by Crippen LogP contribution is -2.15. The maximum atomic E-state index is 13.7. The number of aromatic nitrogens is 2. The van der Waals surface area contributed by atoms with E-state index >= 15 is 0 Å². The first-order valence-electron chi connectivity index (χ1n) is 4.81. The average Bonchev–Trinajstić information content (AvgIpc) is 2.35. The second-order valence-corrected chi connectivity index (χ2v) is 4.46. The predicted molar refractivity (Wildman–Crippen MR) is 69.1 cm³/mol. The van der Waals surface area contributed by atoms with Gasteiger partial charge in [-0.2, -0.15) is 0 Å². The molecule has 1 heterocycles. The number of nitrogens with zero attached hydrogens (tertiary/aromatic N) is 2. The number of rotatable bonds is 2. The highest BCUT2D eigenvalue weighted by molar-refractivity contribution is 9.10. The highest BCUT2D eigenvalue weighted by Crippen LogP contribution is 2.20. The average molecular weight is 331 g/mol. The van der Waals surface area contributed by atoms with E-state index in [1.54, 1.807) is 6.07 Å². The van der Waals surface area contributed by atoms with E-state index in [0.29, 0.717) is 0 Å². The van der Waals surface area contributed by atoms with Crippen molar-refractivity contribution in [1.29, 1.82) is 0 Å². The fraction of sp³-hybridized carbons (Fsp3) is 0. The molecule has 18 heavy (non-hydrogen) atoms. The van der Waals surface area contributed by atoms with E-state index in [1.807, 2.05) is 0 Å². The van der Waals surface area contributed by atoms with Gasteiger partial charge in [0.2, 0.25) is 0 Å². The molecule has 0 unspecified atom stereocenters. The van der Waals surface area contributed by atoms with Crippen LogP contribution in [0.1, 0.15) is 10.4 Å². The van der Waals surface area contributed by atoms with Gasteiger partial charge in [-0.15, -0.1) is 0 Å². The summed E-state index contributed by atoms with van der Waals surface area (Å²) in [6, 6.07) is 4.42. The van der Waals surface area contributed by atoms with Crippen LogP contribution >= 0.6 is 27.5 Å². The van der Waals surface area contributed by atoms with Crippen LogP contribution in [0, 0.1) is 5.82 Å². The number of benzene rings is 1. The van der Waals surface area contributed by atoms with E-state index in [1.165, 1.54) is 24.5 Å². The van der Waals surface area contributed by atoms with Gasteiger partial charge in [-0.05, 0) is 28.1 Å². The van der Waals surface area contributed by atoms with E-state index in [-0.39, 0.29) is 21.0 Å². The number of halogens is 3. The minimum absolute atomic E-state index is 0.0428. The third kappa shape index (κ3) is 2.65. The minimum Gasteiger partial charge on any atom is -0.304 e. The van der Waals surface area contributed by atoms with Crippen LogP contribution in [0.15, 0.2) is 35.1 Å². The summed E-state index contributed by atoms with van der Waals surface area (Å²) in [5.41, 5.74) is -0.105. The molecule has 2 aromatic rings. The number of amides is 1. The molecule has 1 amide bonds. The van der Waals surface area contributed by atoms with Crippen LogP contribution in [0.25, 0.3) is 0 Å². The van der Waals surface area contributed by atoms with E-state index in [9.17, 15) is 9.18 Å². The largest absolute Gasteiger partial charge is 0.304 e. The summed E-state index contributed by atoms with van der Waals surface area (Å²) in [7, 11) is 0. The van der Waals surface area contributed by atoms with Crippen LogP contribution in [-0.4, -0.2) is 15.9 Å². The summed E-state index contributed by atoms with van der Waals surface area (Å²) in [4.78, 5) is 19.4. The van der Waals surface area contributed by atoms with Crippen molar-refractivity contribution in [3.05, 3.63) is 51.6 Å². The van der Waals surface area contributed by atoms with Gasteiger partial charge in [-0.1, -0.05) is 17.7 Å². The fourth-order valence-corrected chi connectivity index (χ4v) is 1.78. The van der Waals surface area contributed by atoms with Gasteiger partial charge < -0.3 is 5.32 Å². The number of carbonyl (C=O) groups excluding carboxylic acids is 1. The van der Waals surface area contributed by atoms with Gasteiger partial charge in [-0.25, -0.2) is 14.4 Å². The molecule has 0 bridgehead atoms. The third-order valence-electron chi connectivity index (χ3n) is 2.08. The van der Waals surface area contributed by atoms with Crippen LogP contribution in [0.3, 0.4) is 0 Å². The van der Waals surface area contributed by atoms with Crippen LogP contribution in [0.2, 0.25) is 5.15 Å². The zero-order valence-electron chi connectivity index (χ0n) is 8.82. The molecule has 92 valence electrons. The molecule has 1 aromatic carbocycles. The number of anilines is 1. The molecule has 1 N–H and O–H groups in total. The Morgan fingerprint density at radius 2 is 2.06 bits per heavy atom. The molecule has 0 aliphatic rings. The first kappa shape index (κ1) is 12.9. The van der Waals surface area contributed by atoms with E-state index in [4.69, 9.17) is 11.6 Å². The van der Waals surface area contributed by atoms with Crippen molar-refractivity contribution in [2.24, 2.45) is 0 Å². The lowest BCUT2D eigenvalue weighted by Gasteiger charge is -2.06. The Kier molecular flexibility index (Phi) is 3.88. The van der Waals surface area contributed by atoms with Crippen molar-refractivity contribution in [3.63, 3.8) is 0 Å². The van der Waals surface area contributed by atoms with Gasteiger partial charge in [-0.3, -0.25) is 4.79 Å². The number of hydrogen-bond donors (Lipinski definition) is 1. The van der Waals surface area contributed by atoms with Crippen LogP contribution < -0.4 is 5.32 Å². The second-order valence-electron chi connectivity index (χ2n) is 3.25. The van der Waals surface area contributed by atoms with Gasteiger partial charge in [0.1, 0.15) is 5.82 Å². The molecule has 0 fully saturated rings. The molecule has 0 aliphatic heterocycles. The quantitative estimate of drug-likeness (QED) is 0.919. The molecule has 2 rings (SSSR count).